The van der Waals surface area contributed by atoms with Crippen LogP contribution in [0.4, 0.5) is 17.1 Å². The predicted octanol–water partition coefficient (Wildman–Crippen LogP) is 0.702. The molecule has 0 fully saturated rings. The first-order valence-electron chi connectivity index (χ1n) is 6.26. The second kappa shape index (κ2) is 7.88. The normalized spacial score (nSPS) is 10.1. The number of anilines is 1. The molecule has 10 heteroatoms. The molecule has 0 spiro atoms. The van der Waals surface area contributed by atoms with Crippen LogP contribution in [-0.4, -0.2) is 49.6 Å². The van der Waals surface area contributed by atoms with E-state index in [0.29, 0.717) is 13.2 Å². The van der Waals surface area contributed by atoms with Crippen LogP contribution < -0.4 is 10.2 Å². The number of hydrogen-bond donors (Lipinski definition) is 1. The van der Waals surface area contributed by atoms with Gasteiger partial charge in [-0.1, -0.05) is 0 Å². The van der Waals surface area contributed by atoms with E-state index in [1.807, 2.05) is 0 Å². The summed E-state index contributed by atoms with van der Waals surface area (Å²) in [6, 6.07) is 3.27. The summed E-state index contributed by atoms with van der Waals surface area (Å²) in [7, 11) is 2.99. The highest BCUT2D eigenvalue weighted by molar-refractivity contribution is 5.82. The van der Waals surface area contributed by atoms with Crippen LogP contribution in [0.5, 0.6) is 0 Å². The van der Waals surface area contributed by atoms with Crippen LogP contribution in [0, 0.1) is 20.2 Å². The molecule has 10 nitrogen and oxygen atoms in total. The van der Waals surface area contributed by atoms with E-state index in [0.717, 1.165) is 12.1 Å². The Morgan fingerprint density at radius 1 is 1.32 bits per heavy atom. The smallest absolute Gasteiger partial charge is 0.299 e. The van der Waals surface area contributed by atoms with Crippen molar-refractivity contribution >= 4 is 23.0 Å². The minimum atomic E-state index is -0.721. The Morgan fingerprint density at radius 2 is 2.00 bits per heavy atom. The van der Waals surface area contributed by atoms with Crippen molar-refractivity contribution in [2.45, 2.75) is 0 Å². The monoisotopic (exact) mass is 312 g/mol. The molecular weight excluding hydrogens is 296 g/mol. The van der Waals surface area contributed by atoms with Crippen molar-refractivity contribution in [1.82, 2.24) is 5.32 Å². The first-order valence-corrected chi connectivity index (χ1v) is 6.26. The molecule has 0 saturated heterocycles. The lowest BCUT2D eigenvalue weighted by molar-refractivity contribution is -0.393. The summed E-state index contributed by atoms with van der Waals surface area (Å²) in [6.45, 7) is 0.557. The summed E-state index contributed by atoms with van der Waals surface area (Å²) in [6.07, 6.45) is 0. The Morgan fingerprint density at radius 3 is 2.55 bits per heavy atom. The fraction of sp³-hybridized carbons (Fsp3) is 0.417. The van der Waals surface area contributed by atoms with Crippen LogP contribution in [0.1, 0.15) is 0 Å². The topological polar surface area (TPSA) is 128 Å². The molecule has 22 heavy (non-hydrogen) atoms. The zero-order chi connectivity index (χ0) is 16.7. The molecule has 0 heterocycles. The molecule has 0 saturated carbocycles. The number of hydrogen-bond acceptors (Lipinski definition) is 7. The van der Waals surface area contributed by atoms with E-state index in [1.165, 1.54) is 25.1 Å². The third-order valence-corrected chi connectivity index (χ3v) is 2.79. The van der Waals surface area contributed by atoms with Crippen LogP contribution in [0.3, 0.4) is 0 Å². The average molecular weight is 312 g/mol. The number of likely N-dealkylation sites (N-methyl/N-ethyl adjacent to an activating group) is 1. The molecule has 1 rings (SSSR count). The van der Waals surface area contributed by atoms with E-state index in [9.17, 15) is 25.0 Å². The summed E-state index contributed by atoms with van der Waals surface area (Å²) >= 11 is 0. The number of ether oxygens (including phenoxy) is 1. The van der Waals surface area contributed by atoms with Gasteiger partial charge in [0, 0.05) is 26.8 Å². The first-order chi connectivity index (χ1) is 10.4. The lowest BCUT2D eigenvalue weighted by atomic mass is 10.2. The van der Waals surface area contributed by atoms with Crippen molar-refractivity contribution in [3.8, 4) is 0 Å². The van der Waals surface area contributed by atoms with Gasteiger partial charge in [0.25, 0.3) is 11.4 Å². The average Bonchev–Trinajstić information content (AvgIpc) is 2.46. The highest BCUT2D eigenvalue weighted by Gasteiger charge is 2.22. The van der Waals surface area contributed by atoms with Gasteiger partial charge in [-0.3, -0.25) is 25.0 Å². The maximum atomic E-state index is 11.7. The minimum Gasteiger partial charge on any atom is -0.383 e. The number of nitro groups is 2. The maximum absolute atomic E-state index is 11.7. The number of non-ortho nitro benzene ring substituents is 1. The predicted molar refractivity (Wildman–Crippen MR) is 77.9 cm³/mol. The number of carbonyl (C=O) groups is 1. The van der Waals surface area contributed by atoms with Gasteiger partial charge in [-0.2, -0.15) is 0 Å². The molecule has 0 aliphatic heterocycles. The largest absolute Gasteiger partial charge is 0.383 e. The summed E-state index contributed by atoms with van der Waals surface area (Å²) in [5, 5.41) is 24.3. The number of methoxy groups -OCH3 is 1. The number of amides is 1. The summed E-state index contributed by atoms with van der Waals surface area (Å²) in [4.78, 5) is 33.3. The molecule has 1 N–H and O–H groups in total. The van der Waals surface area contributed by atoms with Crippen LogP contribution >= 0.6 is 0 Å². The second-order valence-corrected chi connectivity index (χ2v) is 4.39. The molecule has 0 aliphatic rings. The Bertz CT molecular complexity index is 577. The Balaban J connectivity index is 2.88. The third-order valence-electron chi connectivity index (χ3n) is 2.79. The number of rotatable bonds is 8. The Kier molecular flexibility index (Phi) is 6.20. The van der Waals surface area contributed by atoms with Gasteiger partial charge in [-0.15, -0.1) is 0 Å². The molecule has 0 unspecified atom stereocenters. The first kappa shape index (κ1) is 17.3. The zero-order valence-electron chi connectivity index (χ0n) is 12.1. The molecule has 120 valence electrons. The fourth-order valence-electron chi connectivity index (χ4n) is 1.74. The Hall–Kier alpha value is -2.75. The highest BCUT2D eigenvalue weighted by Crippen LogP contribution is 2.31. The zero-order valence-corrected chi connectivity index (χ0v) is 12.1. The van der Waals surface area contributed by atoms with E-state index < -0.39 is 15.5 Å². The van der Waals surface area contributed by atoms with Crippen LogP contribution in [0.15, 0.2) is 18.2 Å². The van der Waals surface area contributed by atoms with Crippen LogP contribution in [0.2, 0.25) is 0 Å². The molecular formula is C12H16N4O6. The summed E-state index contributed by atoms with van der Waals surface area (Å²) < 4.78 is 4.79. The van der Waals surface area contributed by atoms with Crippen molar-refractivity contribution in [1.29, 1.82) is 0 Å². The van der Waals surface area contributed by atoms with Crippen LogP contribution in [-0.2, 0) is 9.53 Å². The lowest BCUT2D eigenvalue weighted by Crippen LogP contribution is -2.36. The van der Waals surface area contributed by atoms with Crippen LogP contribution in [0.25, 0.3) is 0 Å². The van der Waals surface area contributed by atoms with Gasteiger partial charge >= 0.3 is 0 Å². The number of nitro benzene ring substituents is 2. The molecule has 0 aromatic heterocycles. The molecule has 0 aliphatic carbocycles. The highest BCUT2D eigenvalue weighted by atomic mass is 16.6. The maximum Gasteiger partial charge on any atom is 0.299 e. The fourth-order valence-corrected chi connectivity index (χ4v) is 1.74. The van der Waals surface area contributed by atoms with Gasteiger partial charge < -0.3 is 15.0 Å². The van der Waals surface area contributed by atoms with Gasteiger partial charge in [0.1, 0.15) is 5.69 Å². The lowest BCUT2D eigenvalue weighted by Gasteiger charge is -2.18. The molecule has 1 aromatic carbocycles. The number of nitrogens with zero attached hydrogens (tertiary/aromatic N) is 3. The quantitative estimate of drug-likeness (QED) is 0.425. The van der Waals surface area contributed by atoms with E-state index in [1.54, 1.807) is 0 Å². The summed E-state index contributed by atoms with van der Waals surface area (Å²) in [5.41, 5.74) is -0.688. The second-order valence-electron chi connectivity index (χ2n) is 4.39. The van der Waals surface area contributed by atoms with Crippen molar-refractivity contribution in [3.05, 3.63) is 38.4 Å². The van der Waals surface area contributed by atoms with Gasteiger partial charge in [-0.05, 0) is 6.07 Å². The van der Waals surface area contributed by atoms with E-state index in [-0.39, 0.29) is 23.8 Å². The molecule has 0 bridgehead atoms. The number of benzene rings is 1. The van der Waals surface area contributed by atoms with Gasteiger partial charge in [-0.25, -0.2) is 0 Å². The number of carbonyl (C=O) groups excluding carboxylic acids is 1. The SMILES string of the molecule is COCCNC(=O)CN(C)c1ccc([N+](=O)[O-])cc1[N+](=O)[O-]. The van der Waals surface area contributed by atoms with E-state index in [2.05, 4.69) is 5.32 Å². The standard InChI is InChI=1S/C12H16N4O6/c1-14(8-12(17)13-5-6-22-2)10-4-3-9(15(18)19)7-11(10)16(20)21/h3-4,7H,5-6,8H2,1-2H3,(H,13,17). The molecule has 0 atom stereocenters. The van der Waals surface area contributed by atoms with E-state index in [4.69, 9.17) is 4.74 Å². The Labute approximate surface area is 126 Å². The van der Waals surface area contributed by atoms with Crippen molar-refractivity contribution < 1.29 is 19.4 Å². The minimum absolute atomic E-state index is 0.123. The summed E-state index contributed by atoms with van der Waals surface area (Å²) in [5.74, 6) is -0.341. The van der Waals surface area contributed by atoms with Crippen molar-refractivity contribution in [2.24, 2.45) is 0 Å². The molecule has 1 aromatic rings. The van der Waals surface area contributed by atoms with Gasteiger partial charge in [0.05, 0.1) is 29.1 Å². The van der Waals surface area contributed by atoms with Crippen molar-refractivity contribution in [3.63, 3.8) is 0 Å². The van der Waals surface area contributed by atoms with E-state index >= 15 is 0 Å². The van der Waals surface area contributed by atoms with Gasteiger partial charge in [0.2, 0.25) is 5.91 Å². The van der Waals surface area contributed by atoms with Crippen molar-refractivity contribution in [2.75, 3.05) is 38.8 Å². The third kappa shape index (κ3) is 4.66. The van der Waals surface area contributed by atoms with Gasteiger partial charge in [0.15, 0.2) is 0 Å². The number of nitrogens with one attached hydrogen (secondary N) is 1. The molecule has 0 radical (unpaired) electrons. The molecule has 1 amide bonds.